The zero-order valence-electron chi connectivity index (χ0n) is 7.98. The highest BCUT2D eigenvalue weighted by atomic mass is 79.9. The Morgan fingerprint density at radius 1 is 1.50 bits per heavy atom. The molecular weight excluding hydrogens is 318 g/mol. The maximum absolute atomic E-state index is 10.6. The van der Waals surface area contributed by atoms with E-state index in [9.17, 15) is 14.4 Å². The summed E-state index contributed by atoms with van der Waals surface area (Å²) in [6.07, 6.45) is 0.369. The third-order valence-corrected chi connectivity index (χ3v) is 4.29. The Balaban J connectivity index is 2.39. The number of phosphoric ester groups is 1. The number of phosphoric acid groups is 1. The van der Waals surface area contributed by atoms with Gasteiger partial charge in [-0.25, -0.2) is 0 Å². The Labute approximate surface area is 106 Å². The van der Waals surface area contributed by atoms with Crippen molar-refractivity contribution in [2.24, 2.45) is 0 Å². The minimum absolute atomic E-state index is 0.411. The van der Waals surface area contributed by atoms with Crippen LogP contribution in [0.4, 0.5) is 0 Å². The van der Waals surface area contributed by atoms with Crippen molar-refractivity contribution in [1.29, 1.82) is 0 Å². The molecule has 0 amide bonds. The Kier molecular flexibility index (Phi) is 3.46. The van der Waals surface area contributed by atoms with Crippen molar-refractivity contribution < 1.29 is 18.9 Å². The summed E-state index contributed by atoms with van der Waals surface area (Å²) < 4.78 is 15.8. The molecule has 7 heteroatoms. The van der Waals surface area contributed by atoms with Crippen LogP contribution in [0.15, 0.2) is 16.6 Å². The molecule has 1 aromatic carbocycles. The molecule has 1 aromatic rings. The lowest BCUT2D eigenvalue weighted by Crippen LogP contribution is -2.18. The van der Waals surface area contributed by atoms with Crippen LogP contribution in [0.25, 0.3) is 0 Å². The predicted molar refractivity (Wildman–Crippen MR) is 58.9 cm³/mol. The summed E-state index contributed by atoms with van der Waals surface area (Å²) in [5.41, 5.74) is 1.52. The molecule has 1 aliphatic rings. The van der Waals surface area contributed by atoms with Gasteiger partial charge < -0.3 is 18.9 Å². The predicted octanol–water partition coefficient (Wildman–Crippen LogP) is 1.94. The summed E-state index contributed by atoms with van der Waals surface area (Å²) in [5, 5.41) is 0.411. The summed E-state index contributed by atoms with van der Waals surface area (Å²) in [5.74, 6) is 0. The van der Waals surface area contributed by atoms with E-state index in [0.717, 1.165) is 5.56 Å². The third kappa shape index (κ3) is 2.50. The number of fused-ring (bicyclic) bond motifs is 1. The fourth-order valence-electron chi connectivity index (χ4n) is 1.86. The molecule has 1 aliphatic carbocycles. The van der Waals surface area contributed by atoms with Crippen molar-refractivity contribution in [3.63, 3.8) is 0 Å². The van der Waals surface area contributed by atoms with Crippen LogP contribution < -0.4 is 9.79 Å². The number of hydrogen-bond donors (Lipinski definition) is 0. The first-order chi connectivity index (χ1) is 7.38. The van der Waals surface area contributed by atoms with Gasteiger partial charge in [0.25, 0.3) is 0 Å². The molecule has 1 atom stereocenters. The minimum atomic E-state index is -4.98. The first-order valence-corrected chi connectivity index (χ1v) is 7.19. The van der Waals surface area contributed by atoms with Crippen LogP contribution in [0, 0.1) is 0 Å². The molecule has 0 bridgehead atoms. The summed E-state index contributed by atoms with van der Waals surface area (Å²) in [7, 11) is -4.98. The topological polar surface area (TPSA) is 72.4 Å². The average Bonchev–Trinajstić information content (AvgIpc) is 2.53. The molecule has 0 heterocycles. The second-order valence-corrected chi connectivity index (χ2v) is 5.85. The Hall–Kier alpha value is 0.1000. The molecule has 0 aromatic heterocycles. The normalized spacial score (nSPS) is 19.9. The molecule has 0 saturated heterocycles. The van der Waals surface area contributed by atoms with Crippen LogP contribution in [0.2, 0.25) is 5.02 Å². The van der Waals surface area contributed by atoms with Gasteiger partial charge in [-0.3, -0.25) is 0 Å². The molecular formula is C9H7BrClO4P-2. The second-order valence-electron chi connectivity index (χ2n) is 3.51. The van der Waals surface area contributed by atoms with Gasteiger partial charge in [0.05, 0.1) is 18.9 Å². The first-order valence-electron chi connectivity index (χ1n) is 4.56. The SMILES string of the molecule is O=P([O-])([O-])OC1CCc2ccc(Br)c(Cl)c21. The smallest absolute Gasteiger partial charge is 0.0897 e. The lowest BCUT2D eigenvalue weighted by Gasteiger charge is -2.32. The van der Waals surface area contributed by atoms with Crippen molar-refractivity contribution in [2.45, 2.75) is 18.9 Å². The van der Waals surface area contributed by atoms with Gasteiger partial charge >= 0.3 is 0 Å². The van der Waals surface area contributed by atoms with E-state index in [2.05, 4.69) is 20.5 Å². The number of hydrogen-bond acceptors (Lipinski definition) is 4. The van der Waals surface area contributed by atoms with Gasteiger partial charge in [0.2, 0.25) is 0 Å². The number of halogens is 2. The quantitative estimate of drug-likeness (QED) is 0.779. The lowest BCUT2D eigenvalue weighted by atomic mass is 10.1. The molecule has 0 aliphatic heterocycles. The number of aryl methyl sites for hydroxylation is 1. The second kappa shape index (κ2) is 4.41. The van der Waals surface area contributed by atoms with E-state index in [1.807, 2.05) is 6.07 Å². The van der Waals surface area contributed by atoms with E-state index < -0.39 is 13.9 Å². The van der Waals surface area contributed by atoms with Gasteiger partial charge in [0.15, 0.2) is 0 Å². The molecule has 0 spiro atoms. The van der Waals surface area contributed by atoms with E-state index in [-0.39, 0.29) is 0 Å². The Bertz CT molecular complexity index is 473. The summed E-state index contributed by atoms with van der Waals surface area (Å²) in [6.45, 7) is 0. The zero-order chi connectivity index (χ0) is 11.9. The van der Waals surface area contributed by atoms with E-state index >= 15 is 0 Å². The van der Waals surface area contributed by atoms with Gasteiger partial charge in [-0.15, -0.1) is 0 Å². The number of rotatable bonds is 2. The highest BCUT2D eigenvalue weighted by Crippen LogP contribution is 2.46. The van der Waals surface area contributed by atoms with Crippen molar-refractivity contribution in [2.75, 3.05) is 0 Å². The molecule has 0 N–H and O–H groups in total. The van der Waals surface area contributed by atoms with Gasteiger partial charge in [-0.2, -0.15) is 0 Å². The molecule has 88 valence electrons. The van der Waals surface area contributed by atoms with Crippen LogP contribution in [-0.4, -0.2) is 0 Å². The maximum atomic E-state index is 10.6. The van der Waals surface area contributed by atoms with Crippen molar-refractivity contribution in [1.82, 2.24) is 0 Å². The lowest BCUT2D eigenvalue weighted by molar-refractivity contribution is -0.345. The van der Waals surface area contributed by atoms with E-state index in [1.165, 1.54) is 0 Å². The van der Waals surface area contributed by atoms with Crippen LogP contribution in [0.1, 0.15) is 23.7 Å². The molecule has 1 unspecified atom stereocenters. The monoisotopic (exact) mass is 324 g/mol. The van der Waals surface area contributed by atoms with Crippen LogP contribution in [-0.2, 0) is 15.5 Å². The fraction of sp³-hybridized carbons (Fsp3) is 0.333. The minimum Gasteiger partial charge on any atom is -0.790 e. The van der Waals surface area contributed by atoms with Gasteiger partial charge in [0, 0.05) is 10.0 Å². The van der Waals surface area contributed by atoms with Gasteiger partial charge in [-0.1, -0.05) is 17.7 Å². The average molecular weight is 325 g/mol. The maximum Gasteiger partial charge on any atom is 0.0897 e. The van der Waals surface area contributed by atoms with Crippen molar-refractivity contribution in [3.8, 4) is 0 Å². The Morgan fingerprint density at radius 3 is 2.81 bits per heavy atom. The van der Waals surface area contributed by atoms with Gasteiger partial charge in [-0.05, 0) is 40.4 Å². The highest BCUT2D eigenvalue weighted by Gasteiger charge is 2.27. The molecule has 16 heavy (non-hydrogen) atoms. The third-order valence-electron chi connectivity index (χ3n) is 2.48. The summed E-state index contributed by atoms with van der Waals surface area (Å²) in [4.78, 5) is 21.2. The Morgan fingerprint density at radius 2 is 2.19 bits per heavy atom. The van der Waals surface area contributed by atoms with Crippen molar-refractivity contribution >= 4 is 35.4 Å². The highest BCUT2D eigenvalue weighted by molar-refractivity contribution is 9.10. The van der Waals surface area contributed by atoms with E-state index in [4.69, 9.17) is 11.6 Å². The van der Waals surface area contributed by atoms with E-state index in [1.54, 1.807) is 6.07 Å². The van der Waals surface area contributed by atoms with Crippen LogP contribution in [0.3, 0.4) is 0 Å². The molecule has 0 saturated carbocycles. The molecule has 0 radical (unpaired) electrons. The number of benzene rings is 1. The van der Waals surface area contributed by atoms with E-state index in [0.29, 0.717) is 27.9 Å². The van der Waals surface area contributed by atoms with Crippen LogP contribution >= 0.6 is 35.4 Å². The molecule has 0 fully saturated rings. The fourth-order valence-corrected chi connectivity index (χ4v) is 3.04. The molecule has 2 rings (SSSR count). The zero-order valence-corrected chi connectivity index (χ0v) is 11.2. The first kappa shape index (κ1) is 12.6. The van der Waals surface area contributed by atoms with Crippen LogP contribution in [0.5, 0.6) is 0 Å². The van der Waals surface area contributed by atoms with Crippen molar-refractivity contribution in [3.05, 3.63) is 32.8 Å². The summed E-state index contributed by atoms with van der Waals surface area (Å²) in [6, 6.07) is 3.63. The van der Waals surface area contributed by atoms with Gasteiger partial charge in [0.1, 0.15) is 0 Å². The standard InChI is InChI=1S/C9H9BrClO4P/c10-6-3-1-5-2-4-7(8(5)9(6)11)15-16(12,13)14/h1,3,7H,2,4H2,(H2,12,13,14)/p-2. The largest absolute Gasteiger partial charge is 0.790 e. The summed E-state index contributed by atoms with van der Waals surface area (Å²) >= 11 is 9.28. The molecule has 4 nitrogen and oxygen atoms in total.